The molecular formula is C17H24. The lowest BCUT2D eigenvalue weighted by molar-refractivity contribution is 0.668. The predicted molar refractivity (Wildman–Crippen MR) is 74.7 cm³/mol. The molecule has 0 heterocycles. The Morgan fingerprint density at radius 3 is 2.12 bits per heavy atom. The highest BCUT2D eigenvalue weighted by molar-refractivity contribution is 5.43. The average Bonchev–Trinajstić information content (AvgIpc) is 2.38. The molecule has 0 saturated heterocycles. The standard InChI is InChI=1S/C17H24/c1-3-15-9-6-7-11-17(15)13-12-16-10-5-4-8-14(16)2/h3-11H2,1-2H3. The van der Waals surface area contributed by atoms with Crippen LogP contribution in [0.4, 0.5) is 0 Å². The van der Waals surface area contributed by atoms with Crippen molar-refractivity contribution in [2.75, 3.05) is 0 Å². The first kappa shape index (κ1) is 12.5. The third-order valence-electron chi connectivity index (χ3n) is 4.12. The maximum Gasteiger partial charge on any atom is 0.00158 e. The van der Waals surface area contributed by atoms with Crippen molar-refractivity contribution in [2.45, 2.75) is 71.6 Å². The van der Waals surface area contributed by atoms with Crippen molar-refractivity contribution >= 4 is 0 Å². The minimum Gasteiger partial charge on any atom is -0.0665 e. The molecule has 0 fully saturated rings. The molecule has 0 spiro atoms. The summed E-state index contributed by atoms with van der Waals surface area (Å²) in [5.41, 5.74) is 6.06. The van der Waals surface area contributed by atoms with Crippen LogP contribution < -0.4 is 0 Å². The van der Waals surface area contributed by atoms with E-state index >= 15 is 0 Å². The van der Waals surface area contributed by atoms with Gasteiger partial charge in [0.15, 0.2) is 0 Å². The zero-order valence-electron chi connectivity index (χ0n) is 11.4. The smallest absolute Gasteiger partial charge is 0.00158 e. The topological polar surface area (TPSA) is 0 Å². The van der Waals surface area contributed by atoms with E-state index in [1.54, 1.807) is 11.1 Å². The van der Waals surface area contributed by atoms with Crippen LogP contribution in [-0.4, -0.2) is 0 Å². The van der Waals surface area contributed by atoms with Gasteiger partial charge in [-0.05, 0) is 64.7 Å². The molecule has 0 bridgehead atoms. The van der Waals surface area contributed by atoms with E-state index in [1.165, 1.54) is 68.9 Å². The Morgan fingerprint density at radius 1 is 0.824 bits per heavy atom. The Labute approximate surface area is 106 Å². The van der Waals surface area contributed by atoms with Gasteiger partial charge in [0, 0.05) is 11.1 Å². The molecule has 0 amide bonds. The highest BCUT2D eigenvalue weighted by Gasteiger charge is 2.10. The molecule has 0 aromatic heterocycles. The monoisotopic (exact) mass is 228 g/mol. The summed E-state index contributed by atoms with van der Waals surface area (Å²) in [6, 6.07) is 0. The SMILES string of the molecule is CCC1=C(C#CC2=C(C)CCCC2)CCCC1. The molecule has 17 heavy (non-hydrogen) atoms. The van der Waals surface area contributed by atoms with Gasteiger partial charge in [0.25, 0.3) is 0 Å². The van der Waals surface area contributed by atoms with E-state index < -0.39 is 0 Å². The molecule has 0 radical (unpaired) electrons. The highest BCUT2D eigenvalue weighted by Crippen LogP contribution is 2.27. The van der Waals surface area contributed by atoms with Crippen LogP contribution in [0.1, 0.15) is 71.6 Å². The van der Waals surface area contributed by atoms with Gasteiger partial charge in [0.1, 0.15) is 0 Å². The summed E-state index contributed by atoms with van der Waals surface area (Å²) < 4.78 is 0. The first-order chi connectivity index (χ1) is 8.31. The van der Waals surface area contributed by atoms with Gasteiger partial charge < -0.3 is 0 Å². The summed E-state index contributed by atoms with van der Waals surface area (Å²) in [4.78, 5) is 0. The fourth-order valence-electron chi connectivity index (χ4n) is 2.89. The Kier molecular flexibility index (Phi) is 4.49. The lowest BCUT2D eigenvalue weighted by Crippen LogP contribution is -1.99. The summed E-state index contributed by atoms with van der Waals surface area (Å²) >= 11 is 0. The quantitative estimate of drug-likeness (QED) is 0.544. The van der Waals surface area contributed by atoms with Crippen molar-refractivity contribution in [2.24, 2.45) is 0 Å². The Morgan fingerprint density at radius 2 is 1.41 bits per heavy atom. The van der Waals surface area contributed by atoms with Crippen LogP contribution >= 0.6 is 0 Å². The van der Waals surface area contributed by atoms with Gasteiger partial charge in [-0.1, -0.05) is 29.9 Å². The lowest BCUT2D eigenvalue weighted by atomic mass is 9.89. The van der Waals surface area contributed by atoms with E-state index in [2.05, 4.69) is 25.7 Å². The zero-order chi connectivity index (χ0) is 12.1. The second kappa shape index (κ2) is 6.10. The molecule has 0 aromatic rings. The van der Waals surface area contributed by atoms with Crippen LogP contribution in [-0.2, 0) is 0 Å². The minimum absolute atomic E-state index is 1.20. The van der Waals surface area contributed by atoms with Gasteiger partial charge in [-0.2, -0.15) is 0 Å². The molecule has 0 aromatic carbocycles. The summed E-state index contributed by atoms with van der Waals surface area (Å²) in [5, 5.41) is 0. The highest BCUT2D eigenvalue weighted by atomic mass is 14.1. The van der Waals surface area contributed by atoms with Crippen molar-refractivity contribution in [1.82, 2.24) is 0 Å². The van der Waals surface area contributed by atoms with Crippen molar-refractivity contribution < 1.29 is 0 Å². The maximum atomic E-state index is 3.49. The molecule has 0 unspecified atom stereocenters. The lowest BCUT2D eigenvalue weighted by Gasteiger charge is -2.16. The van der Waals surface area contributed by atoms with E-state index in [0.29, 0.717) is 0 Å². The molecule has 2 rings (SSSR count). The molecule has 0 N–H and O–H groups in total. The molecule has 2 aliphatic rings. The van der Waals surface area contributed by atoms with Crippen LogP contribution in [0.25, 0.3) is 0 Å². The third-order valence-corrected chi connectivity index (χ3v) is 4.12. The first-order valence-corrected chi connectivity index (χ1v) is 7.22. The number of hydrogen-bond acceptors (Lipinski definition) is 0. The molecular weight excluding hydrogens is 204 g/mol. The van der Waals surface area contributed by atoms with Gasteiger partial charge in [0.2, 0.25) is 0 Å². The van der Waals surface area contributed by atoms with Gasteiger partial charge in [0.05, 0.1) is 0 Å². The number of rotatable bonds is 1. The normalized spacial score (nSPS) is 21.3. The molecule has 2 aliphatic carbocycles. The van der Waals surface area contributed by atoms with Gasteiger partial charge in [-0.15, -0.1) is 0 Å². The molecule has 0 atom stereocenters. The van der Waals surface area contributed by atoms with Crippen molar-refractivity contribution in [1.29, 1.82) is 0 Å². The van der Waals surface area contributed by atoms with Gasteiger partial charge in [-0.25, -0.2) is 0 Å². The second-order valence-corrected chi connectivity index (χ2v) is 5.36. The van der Waals surface area contributed by atoms with Crippen LogP contribution in [0.3, 0.4) is 0 Å². The van der Waals surface area contributed by atoms with Gasteiger partial charge >= 0.3 is 0 Å². The number of hydrogen-bond donors (Lipinski definition) is 0. The van der Waals surface area contributed by atoms with Crippen molar-refractivity contribution in [3.8, 4) is 11.8 Å². The molecule has 0 saturated carbocycles. The fraction of sp³-hybridized carbons (Fsp3) is 0.647. The molecule has 0 aliphatic heterocycles. The van der Waals surface area contributed by atoms with Gasteiger partial charge in [-0.3, -0.25) is 0 Å². The summed E-state index contributed by atoms with van der Waals surface area (Å²) in [6.45, 7) is 4.53. The van der Waals surface area contributed by atoms with Crippen LogP contribution in [0.5, 0.6) is 0 Å². The largest absolute Gasteiger partial charge is 0.0665 e. The second-order valence-electron chi connectivity index (χ2n) is 5.36. The zero-order valence-corrected chi connectivity index (χ0v) is 11.4. The Hall–Kier alpha value is -0.960. The predicted octanol–water partition coefficient (Wildman–Crippen LogP) is 5.16. The van der Waals surface area contributed by atoms with Crippen molar-refractivity contribution in [3.05, 3.63) is 22.3 Å². The van der Waals surface area contributed by atoms with E-state index in [-0.39, 0.29) is 0 Å². The third kappa shape index (κ3) is 3.25. The summed E-state index contributed by atoms with van der Waals surface area (Å²) in [6.07, 6.45) is 11.6. The molecule has 0 heteroatoms. The maximum absolute atomic E-state index is 3.49. The number of allylic oxidation sites excluding steroid dienone is 4. The Bertz CT molecular complexity index is 395. The fourth-order valence-corrected chi connectivity index (χ4v) is 2.89. The van der Waals surface area contributed by atoms with E-state index in [0.717, 1.165) is 0 Å². The molecule has 92 valence electrons. The summed E-state index contributed by atoms with van der Waals surface area (Å²) in [5.74, 6) is 6.97. The summed E-state index contributed by atoms with van der Waals surface area (Å²) in [7, 11) is 0. The van der Waals surface area contributed by atoms with E-state index in [1.807, 2.05) is 0 Å². The first-order valence-electron chi connectivity index (χ1n) is 7.22. The van der Waals surface area contributed by atoms with E-state index in [9.17, 15) is 0 Å². The van der Waals surface area contributed by atoms with Crippen LogP contribution in [0, 0.1) is 11.8 Å². The van der Waals surface area contributed by atoms with Crippen LogP contribution in [0.2, 0.25) is 0 Å². The molecule has 0 nitrogen and oxygen atoms in total. The van der Waals surface area contributed by atoms with Crippen molar-refractivity contribution in [3.63, 3.8) is 0 Å². The Balaban J connectivity index is 2.17. The van der Waals surface area contributed by atoms with Crippen LogP contribution in [0.15, 0.2) is 22.3 Å². The minimum atomic E-state index is 1.20. The van der Waals surface area contributed by atoms with E-state index in [4.69, 9.17) is 0 Å². The average molecular weight is 228 g/mol.